The van der Waals surface area contributed by atoms with Crippen LogP contribution in [0.3, 0.4) is 0 Å². The lowest BCUT2D eigenvalue weighted by Crippen LogP contribution is -2.29. The predicted octanol–water partition coefficient (Wildman–Crippen LogP) is 3.60. The summed E-state index contributed by atoms with van der Waals surface area (Å²) in [6.45, 7) is 2.10. The fraction of sp³-hybridized carbons (Fsp3) is 0.278. The molecule has 0 bridgehead atoms. The van der Waals surface area contributed by atoms with E-state index in [1.807, 2.05) is 12.1 Å². The Kier molecular flexibility index (Phi) is 3.93. The van der Waals surface area contributed by atoms with Crippen molar-refractivity contribution >= 4 is 22.9 Å². The van der Waals surface area contributed by atoms with Gasteiger partial charge in [-0.15, -0.1) is 0 Å². The lowest BCUT2D eigenvalue weighted by Gasteiger charge is -2.28. The number of hydrogen-bond donors (Lipinski definition) is 2. The van der Waals surface area contributed by atoms with Crippen molar-refractivity contribution in [1.82, 2.24) is 0 Å². The Hall–Kier alpha value is -1.87. The number of nitrogens with one attached hydrogen (secondary N) is 1. The zero-order valence-corrected chi connectivity index (χ0v) is 13.0. The average molecular weight is 296 g/mol. The van der Waals surface area contributed by atoms with Gasteiger partial charge >= 0.3 is 0 Å². The largest absolute Gasteiger partial charge is 0.389 e. The summed E-state index contributed by atoms with van der Waals surface area (Å²) in [5, 5.41) is 3.67. The molecule has 0 heterocycles. The minimum atomic E-state index is 0.439. The van der Waals surface area contributed by atoms with Crippen LogP contribution in [0.1, 0.15) is 28.7 Å². The summed E-state index contributed by atoms with van der Waals surface area (Å²) in [4.78, 5) is 0.456. The minimum absolute atomic E-state index is 0.439. The van der Waals surface area contributed by atoms with E-state index >= 15 is 0 Å². The number of anilines is 1. The lowest BCUT2D eigenvalue weighted by molar-refractivity contribution is 0.610. The van der Waals surface area contributed by atoms with Crippen molar-refractivity contribution in [2.24, 2.45) is 5.73 Å². The van der Waals surface area contributed by atoms with E-state index < -0.39 is 0 Å². The van der Waals surface area contributed by atoms with Gasteiger partial charge in [-0.2, -0.15) is 0 Å². The normalized spacial score (nSPS) is 17.1. The molecule has 1 unspecified atom stereocenters. The molecular weight excluding hydrogens is 276 g/mol. The molecule has 1 aliphatic carbocycles. The van der Waals surface area contributed by atoms with E-state index in [1.165, 1.54) is 16.7 Å². The van der Waals surface area contributed by atoms with E-state index in [0.717, 1.165) is 30.5 Å². The fourth-order valence-corrected chi connectivity index (χ4v) is 3.26. The van der Waals surface area contributed by atoms with Crippen LogP contribution in [0, 0.1) is 6.92 Å². The van der Waals surface area contributed by atoms with E-state index in [0.29, 0.717) is 11.0 Å². The van der Waals surface area contributed by atoms with Crippen molar-refractivity contribution in [3.05, 3.63) is 64.7 Å². The summed E-state index contributed by atoms with van der Waals surface area (Å²) in [6, 6.07) is 15.2. The van der Waals surface area contributed by atoms with Crippen molar-refractivity contribution in [2.45, 2.75) is 32.2 Å². The van der Waals surface area contributed by atoms with Crippen LogP contribution in [0.4, 0.5) is 5.69 Å². The molecule has 2 nitrogen and oxygen atoms in total. The standard InChI is InChI=1S/C18H20N2S/c1-12-5-4-8-16(18(19)21)17(12)20-15-10-9-13-6-2-3-7-14(13)11-15/h2-8,15,20H,9-11H2,1H3,(H2,19,21). The van der Waals surface area contributed by atoms with Crippen LogP contribution in [0.5, 0.6) is 0 Å². The molecule has 1 aliphatic rings. The Labute approximate surface area is 131 Å². The van der Waals surface area contributed by atoms with Crippen molar-refractivity contribution < 1.29 is 0 Å². The van der Waals surface area contributed by atoms with Crippen LogP contribution < -0.4 is 11.1 Å². The average Bonchev–Trinajstić information content (AvgIpc) is 2.49. The first-order valence-electron chi connectivity index (χ1n) is 7.38. The van der Waals surface area contributed by atoms with Gasteiger partial charge in [0, 0.05) is 17.3 Å². The summed E-state index contributed by atoms with van der Waals surface area (Å²) in [6.07, 6.45) is 3.32. The summed E-state index contributed by atoms with van der Waals surface area (Å²) >= 11 is 5.18. The second kappa shape index (κ2) is 5.86. The Bertz CT molecular complexity index is 679. The molecule has 2 aromatic carbocycles. The van der Waals surface area contributed by atoms with Crippen molar-refractivity contribution in [1.29, 1.82) is 0 Å². The Morgan fingerprint density at radius 2 is 1.90 bits per heavy atom. The molecule has 0 radical (unpaired) electrons. The molecule has 0 spiro atoms. The third-order valence-electron chi connectivity index (χ3n) is 4.23. The van der Waals surface area contributed by atoms with Gasteiger partial charge in [0.05, 0.1) is 0 Å². The Morgan fingerprint density at radius 1 is 1.14 bits per heavy atom. The van der Waals surface area contributed by atoms with Crippen LogP contribution in [0.25, 0.3) is 0 Å². The number of rotatable bonds is 3. The molecule has 0 aliphatic heterocycles. The van der Waals surface area contributed by atoms with E-state index in [4.69, 9.17) is 18.0 Å². The second-order valence-electron chi connectivity index (χ2n) is 5.71. The SMILES string of the molecule is Cc1cccc(C(N)=S)c1NC1CCc2ccccc2C1. The summed E-state index contributed by atoms with van der Waals surface area (Å²) in [7, 11) is 0. The Balaban J connectivity index is 1.84. The molecule has 3 N–H and O–H groups in total. The van der Waals surface area contributed by atoms with Crippen molar-refractivity contribution in [3.63, 3.8) is 0 Å². The molecule has 0 fully saturated rings. The van der Waals surface area contributed by atoms with Gasteiger partial charge in [0.25, 0.3) is 0 Å². The van der Waals surface area contributed by atoms with E-state index in [9.17, 15) is 0 Å². The highest BCUT2D eigenvalue weighted by Crippen LogP contribution is 2.27. The highest BCUT2D eigenvalue weighted by atomic mass is 32.1. The topological polar surface area (TPSA) is 38.0 Å². The second-order valence-corrected chi connectivity index (χ2v) is 6.15. The van der Waals surface area contributed by atoms with Crippen LogP contribution in [0.2, 0.25) is 0 Å². The van der Waals surface area contributed by atoms with E-state index in [-0.39, 0.29) is 0 Å². The molecule has 0 aromatic heterocycles. The smallest absolute Gasteiger partial charge is 0.106 e. The number of nitrogens with two attached hydrogens (primary N) is 1. The number of para-hydroxylation sites is 1. The van der Waals surface area contributed by atoms with E-state index in [2.05, 4.69) is 42.6 Å². The van der Waals surface area contributed by atoms with Gasteiger partial charge in [-0.3, -0.25) is 0 Å². The zero-order valence-electron chi connectivity index (χ0n) is 12.2. The number of benzene rings is 2. The minimum Gasteiger partial charge on any atom is -0.389 e. The van der Waals surface area contributed by atoms with Gasteiger partial charge in [-0.1, -0.05) is 48.6 Å². The first kappa shape index (κ1) is 14.1. The molecule has 108 valence electrons. The van der Waals surface area contributed by atoms with Gasteiger partial charge in [-0.05, 0) is 48.9 Å². The van der Waals surface area contributed by atoms with Gasteiger partial charge in [0.1, 0.15) is 4.99 Å². The molecular formula is C18H20N2S. The first-order chi connectivity index (χ1) is 10.1. The number of thiocarbonyl (C=S) groups is 1. The van der Waals surface area contributed by atoms with Gasteiger partial charge in [-0.25, -0.2) is 0 Å². The predicted molar refractivity (Wildman–Crippen MR) is 92.9 cm³/mol. The highest BCUT2D eigenvalue weighted by Gasteiger charge is 2.19. The van der Waals surface area contributed by atoms with Crippen molar-refractivity contribution in [3.8, 4) is 0 Å². The molecule has 0 saturated carbocycles. The van der Waals surface area contributed by atoms with Crippen molar-refractivity contribution in [2.75, 3.05) is 5.32 Å². The van der Waals surface area contributed by atoms with Crippen LogP contribution >= 0.6 is 12.2 Å². The van der Waals surface area contributed by atoms with Gasteiger partial charge in [0.2, 0.25) is 0 Å². The quantitative estimate of drug-likeness (QED) is 0.850. The lowest BCUT2D eigenvalue weighted by atomic mass is 9.88. The van der Waals surface area contributed by atoms with Crippen LogP contribution in [-0.4, -0.2) is 11.0 Å². The first-order valence-corrected chi connectivity index (χ1v) is 7.78. The monoisotopic (exact) mass is 296 g/mol. The maximum absolute atomic E-state index is 5.86. The third kappa shape index (κ3) is 2.93. The molecule has 0 amide bonds. The maximum atomic E-state index is 5.86. The van der Waals surface area contributed by atoms with Gasteiger partial charge < -0.3 is 11.1 Å². The number of hydrogen-bond acceptors (Lipinski definition) is 2. The third-order valence-corrected chi connectivity index (χ3v) is 4.45. The van der Waals surface area contributed by atoms with Gasteiger partial charge in [0.15, 0.2) is 0 Å². The summed E-state index contributed by atoms with van der Waals surface area (Å²) < 4.78 is 0. The summed E-state index contributed by atoms with van der Waals surface area (Å²) in [5.41, 5.74) is 12.0. The molecule has 2 aromatic rings. The number of aryl methyl sites for hydroxylation is 2. The Morgan fingerprint density at radius 3 is 2.67 bits per heavy atom. The molecule has 0 saturated heterocycles. The molecule has 21 heavy (non-hydrogen) atoms. The van der Waals surface area contributed by atoms with E-state index in [1.54, 1.807) is 0 Å². The maximum Gasteiger partial charge on any atom is 0.106 e. The highest BCUT2D eigenvalue weighted by molar-refractivity contribution is 7.80. The zero-order chi connectivity index (χ0) is 14.8. The molecule has 1 atom stereocenters. The van der Waals surface area contributed by atoms with Crippen LogP contribution in [-0.2, 0) is 12.8 Å². The fourth-order valence-electron chi connectivity index (χ4n) is 3.09. The summed E-state index contributed by atoms with van der Waals surface area (Å²) in [5.74, 6) is 0. The number of fused-ring (bicyclic) bond motifs is 1. The van der Waals surface area contributed by atoms with Crippen LogP contribution in [0.15, 0.2) is 42.5 Å². The molecule has 3 rings (SSSR count). The molecule has 3 heteroatoms.